The van der Waals surface area contributed by atoms with Crippen LogP contribution in [-0.4, -0.2) is 24.0 Å². The minimum atomic E-state index is -4.57. The van der Waals surface area contributed by atoms with Crippen LogP contribution in [0.3, 0.4) is 0 Å². The van der Waals surface area contributed by atoms with E-state index in [-0.39, 0.29) is 23.7 Å². The molecule has 0 aromatic heterocycles. The number of nitrogens with one attached hydrogen (secondary N) is 1. The Kier molecular flexibility index (Phi) is 6.92. The lowest BCUT2D eigenvalue weighted by molar-refractivity contribution is -0.137. The first-order valence-corrected chi connectivity index (χ1v) is 8.55. The number of amides is 1. The van der Waals surface area contributed by atoms with Gasteiger partial charge in [0.05, 0.1) is 5.56 Å². The van der Waals surface area contributed by atoms with Crippen LogP contribution in [0.15, 0.2) is 58.9 Å². The predicted octanol–water partition coefficient (Wildman–Crippen LogP) is 4.98. The number of nitrogens with zero attached hydrogens (tertiary/aromatic N) is 3. The number of rotatable bonds is 7. The molecule has 0 aliphatic heterocycles. The average molecular weight is 378 g/mol. The van der Waals surface area contributed by atoms with E-state index in [2.05, 4.69) is 15.7 Å². The van der Waals surface area contributed by atoms with Gasteiger partial charge in [0.25, 0.3) is 5.91 Å². The van der Waals surface area contributed by atoms with Crippen LogP contribution < -0.4 is 5.32 Å². The number of hydrogen-bond acceptors (Lipinski definition) is 3. The highest BCUT2D eigenvalue weighted by Crippen LogP contribution is 2.38. The SMILES string of the molecule is CCN(CC)N=Nc1c(CNC(=O)c2ccccc2)cccc1C(F)(F)F. The standard InChI is InChI=1S/C19H21F3N4O/c1-3-26(4-2)25-24-17-15(11-8-12-16(17)19(20,21)22)13-23-18(27)14-9-6-5-7-10-14/h5-12H,3-4,13H2,1-2H3,(H,23,27). The Morgan fingerprint density at radius 3 is 2.30 bits per heavy atom. The molecule has 0 heterocycles. The van der Waals surface area contributed by atoms with Crippen molar-refractivity contribution in [2.24, 2.45) is 10.3 Å². The lowest BCUT2D eigenvalue weighted by atomic mass is 10.1. The molecule has 0 unspecified atom stereocenters. The Morgan fingerprint density at radius 2 is 1.70 bits per heavy atom. The largest absolute Gasteiger partial charge is 0.418 e. The molecule has 1 amide bonds. The fraction of sp³-hybridized carbons (Fsp3) is 0.316. The molecule has 0 atom stereocenters. The summed E-state index contributed by atoms with van der Waals surface area (Å²) in [6.45, 7) is 4.62. The number of hydrogen-bond donors (Lipinski definition) is 1. The van der Waals surface area contributed by atoms with Crippen LogP contribution in [0.25, 0.3) is 0 Å². The molecule has 0 saturated heterocycles. The van der Waals surface area contributed by atoms with E-state index in [9.17, 15) is 18.0 Å². The highest BCUT2D eigenvalue weighted by molar-refractivity contribution is 5.94. The summed E-state index contributed by atoms with van der Waals surface area (Å²) in [6.07, 6.45) is -4.57. The lowest BCUT2D eigenvalue weighted by Crippen LogP contribution is -2.23. The Morgan fingerprint density at radius 1 is 1.04 bits per heavy atom. The number of benzene rings is 2. The number of alkyl halides is 3. The zero-order valence-electron chi connectivity index (χ0n) is 15.1. The maximum atomic E-state index is 13.4. The van der Waals surface area contributed by atoms with Crippen LogP contribution in [0.1, 0.15) is 35.3 Å². The first-order chi connectivity index (χ1) is 12.9. The van der Waals surface area contributed by atoms with Crippen molar-refractivity contribution in [2.75, 3.05) is 13.1 Å². The van der Waals surface area contributed by atoms with Crippen LogP contribution in [0, 0.1) is 0 Å². The van der Waals surface area contributed by atoms with Crippen LogP contribution in [0.5, 0.6) is 0 Å². The number of carbonyl (C=O) groups is 1. The van der Waals surface area contributed by atoms with Gasteiger partial charge in [-0.1, -0.05) is 35.6 Å². The van der Waals surface area contributed by atoms with E-state index in [0.717, 1.165) is 6.07 Å². The molecule has 5 nitrogen and oxygen atoms in total. The van der Waals surface area contributed by atoms with Gasteiger partial charge in [-0.25, -0.2) is 0 Å². The molecule has 2 aromatic carbocycles. The molecule has 2 aromatic rings. The highest BCUT2D eigenvalue weighted by atomic mass is 19.4. The second-order valence-electron chi connectivity index (χ2n) is 5.69. The third-order valence-electron chi connectivity index (χ3n) is 3.90. The summed E-state index contributed by atoms with van der Waals surface area (Å²) in [7, 11) is 0. The van der Waals surface area contributed by atoms with E-state index in [1.807, 2.05) is 13.8 Å². The van der Waals surface area contributed by atoms with E-state index in [1.165, 1.54) is 12.1 Å². The zero-order chi connectivity index (χ0) is 19.9. The molecular weight excluding hydrogens is 357 g/mol. The van der Waals surface area contributed by atoms with Crippen molar-refractivity contribution < 1.29 is 18.0 Å². The molecule has 0 aliphatic rings. The molecule has 0 aliphatic carbocycles. The summed E-state index contributed by atoms with van der Waals surface area (Å²) in [5.41, 5.74) is -0.504. The summed E-state index contributed by atoms with van der Waals surface area (Å²) < 4.78 is 40.1. The quantitative estimate of drug-likeness (QED) is 0.546. The molecule has 27 heavy (non-hydrogen) atoms. The van der Waals surface area contributed by atoms with Crippen LogP contribution in [-0.2, 0) is 12.7 Å². The topological polar surface area (TPSA) is 57.1 Å². The Bertz CT molecular complexity index is 787. The monoisotopic (exact) mass is 378 g/mol. The molecule has 8 heteroatoms. The molecule has 0 saturated carbocycles. The van der Waals surface area contributed by atoms with Gasteiger partial charge in [-0.2, -0.15) is 13.2 Å². The average Bonchev–Trinajstić information content (AvgIpc) is 2.67. The van der Waals surface area contributed by atoms with Crippen molar-refractivity contribution in [1.29, 1.82) is 0 Å². The summed E-state index contributed by atoms with van der Waals surface area (Å²) in [6, 6.07) is 12.2. The normalized spacial score (nSPS) is 11.6. The molecule has 2 rings (SSSR count). The minimum Gasteiger partial charge on any atom is -0.348 e. The first-order valence-electron chi connectivity index (χ1n) is 8.55. The Balaban J connectivity index is 2.30. The van der Waals surface area contributed by atoms with Crippen molar-refractivity contribution >= 4 is 11.6 Å². The van der Waals surface area contributed by atoms with E-state index in [4.69, 9.17) is 0 Å². The number of halogens is 3. The van der Waals surface area contributed by atoms with E-state index >= 15 is 0 Å². The maximum absolute atomic E-state index is 13.4. The van der Waals surface area contributed by atoms with E-state index in [1.54, 1.807) is 35.3 Å². The summed E-state index contributed by atoms with van der Waals surface area (Å²) in [4.78, 5) is 12.2. The third-order valence-corrected chi connectivity index (χ3v) is 3.90. The van der Waals surface area contributed by atoms with Crippen molar-refractivity contribution in [3.63, 3.8) is 0 Å². The molecular formula is C19H21F3N4O. The van der Waals surface area contributed by atoms with Crippen molar-refractivity contribution in [2.45, 2.75) is 26.6 Å². The molecule has 0 spiro atoms. The predicted molar refractivity (Wildman–Crippen MR) is 96.5 cm³/mol. The van der Waals surface area contributed by atoms with Gasteiger partial charge in [-0.3, -0.25) is 9.80 Å². The van der Waals surface area contributed by atoms with Crippen LogP contribution in [0.2, 0.25) is 0 Å². The Labute approximate surface area is 155 Å². The summed E-state index contributed by atoms with van der Waals surface area (Å²) in [5.74, 6) is -0.375. The van der Waals surface area contributed by atoms with Gasteiger partial charge in [0.2, 0.25) is 0 Å². The molecule has 144 valence electrons. The molecule has 0 fully saturated rings. The second-order valence-corrected chi connectivity index (χ2v) is 5.69. The first kappa shape index (κ1) is 20.4. The maximum Gasteiger partial charge on any atom is 0.418 e. The summed E-state index contributed by atoms with van der Waals surface area (Å²) >= 11 is 0. The smallest absolute Gasteiger partial charge is 0.348 e. The highest BCUT2D eigenvalue weighted by Gasteiger charge is 2.34. The van der Waals surface area contributed by atoms with Crippen LogP contribution in [0.4, 0.5) is 18.9 Å². The van der Waals surface area contributed by atoms with Gasteiger partial charge < -0.3 is 5.32 Å². The van der Waals surface area contributed by atoms with Gasteiger partial charge in [0, 0.05) is 25.2 Å². The fourth-order valence-corrected chi connectivity index (χ4v) is 2.41. The van der Waals surface area contributed by atoms with Crippen molar-refractivity contribution in [3.05, 3.63) is 65.2 Å². The third kappa shape index (κ3) is 5.54. The van der Waals surface area contributed by atoms with Gasteiger partial charge in [-0.15, -0.1) is 5.11 Å². The van der Waals surface area contributed by atoms with Crippen LogP contribution >= 0.6 is 0 Å². The second kappa shape index (κ2) is 9.16. The Hall–Kier alpha value is -2.90. The van der Waals surface area contributed by atoms with E-state index < -0.39 is 11.7 Å². The lowest BCUT2D eigenvalue weighted by Gasteiger charge is -2.16. The zero-order valence-corrected chi connectivity index (χ0v) is 15.1. The van der Waals surface area contributed by atoms with Gasteiger partial charge in [0.1, 0.15) is 5.69 Å². The van der Waals surface area contributed by atoms with Gasteiger partial charge in [-0.05, 0) is 37.6 Å². The minimum absolute atomic E-state index is 0.0930. The molecule has 0 bridgehead atoms. The molecule has 1 N–H and O–H groups in total. The van der Waals surface area contributed by atoms with Gasteiger partial charge >= 0.3 is 6.18 Å². The fourth-order valence-electron chi connectivity index (χ4n) is 2.41. The number of carbonyl (C=O) groups excluding carboxylic acids is 1. The van der Waals surface area contributed by atoms with Crippen molar-refractivity contribution in [1.82, 2.24) is 10.3 Å². The van der Waals surface area contributed by atoms with Crippen molar-refractivity contribution in [3.8, 4) is 0 Å². The van der Waals surface area contributed by atoms with Gasteiger partial charge in [0.15, 0.2) is 0 Å². The summed E-state index contributed by atoms with van der Waals surface area (Å²) in [5, 5.41) is 11.9. The van der Waals surface area contributed by atoms with E-state index in [0.29, 0.717) is 18.7 Å². The molecule has 0 radical (unpaired) electrons.